The Hall–Kier alpha value is -2.37. The van der Waals surface area contributed by atoms with Crippen molar-refractivity contribution in [1.29, 1.82) is 0 Å². The van der Waals surface area contributed by atoms with Gasteiger partial charge in [0.1, 0.15) is 5.82 Å². The molecular formula is C20H21F4NO. The van der Waals surface area contributed by atoms with Gasteiger partial charge >= 0.3 is 6.18 Å². The molecule has 26 heavy (non-hydrogen) atoms. The van der Waals surface area contributed by atoms with Crippen molar-refractivity contribution >= 4 is 5.91 Å². The minimum atomic E-state index is -4.84. The Morgan fingerprint density at radius 1 is 1.04 bits per heavy atom. The van der Waals surface area contributed by atoms with Crippen molar-refractivity contribution in [1.82, 2.24) is 0 Å². The van der Waals surface area contributed by atoms with Crippen LogP contribution in [0.5, 0.6) is 0 Å². The van der Waals surface area contributed by atoms with E-state index in [1.807, 2.05) is 24.3 Å². The molecule has 0 heterocycles. The summed E-state index contributed by atoms with van der Waals surface area (Å²) in [4.78, 5) is 11.8. The first-order chi connectivity index (χ1) is 11.9. The van der Waals surface area contributed by atoms with Gasteiger partial charge in [0.2, 0.25) is 5.91 Å². The second kappa shape index (κ2) is 7.09. The number of carbonyl (C=O) groups excluding carboxylic acids is 1. The van der Waals surface area contributed by atoms with E-state index in [2.05, 4.69) is 20.8 Å². The molecule has 0 saturated heterocycles. The predicted molar refractivity (Wildman–Crippen MR) is 92.2 cm³/mol. The second-order valence-corrected chi connectivity index (χ2v) is 7.34. The summed E-state index contributed by atoms with van der Waals surface area (Å²) in [5.74, 6) is -3.11. The number of rotatable bonds is 4. The van der Waals surface area contributed by atoms with Gasteiger partial charge in [0.25, 0.3) is 0 Å². The van der Waals surface area contributed by atoms with Crippen LogP contribution in [0, 0.1) is 5.82 Å². The van der Waals surface area contributed by atoms with Crippen LogP contribution in [-0.4, -0.2) is 5.91 Å². The summed E-state index contributed by atoms with van der Waals surface area (Å²) in [6, 6.07) is 10.0. The van der Waals surface area contributed by atoms with E-state index in [1.165, 1.54) is 6.07 Å². The van der Waals surface area contributed by atoms with Crippen LogP contribution in [0.2, 0.25) is 0 Å². The first kappa shape index (κ1) is 19.9. The summed E-state index contributed by atoms with van der Waals surface area (Å²) in [5, 5.41) is 0. The van der Waals surface area contributed by atoms with Crippen LogP contribution >= 0.6 is 0 Å². The maximum Gasteiger partial charge on any atom is 0.419 e. The lowest BCUT2D eigenvalue weighted by molar-refractivity contribution is -0.140. The minimum Gasteiger partial charge on any atom is -0.369 e. The number of nitrogens with two attached hydrogens (primary N) is 1. The largest absolute Gasteiger partial charge is 0.419 e. The SMILES string of the molecule is CC(C)(C)c1ccc(CC(C(N)=O)c2ccc(F)c(C(F)(F)F)c2)cc1. The minimum absolute atomic E-state index is 0.0415. The summed E-state index contributed by atoms with van der Waals surface area (Å²) in [6.45, 7) is 6.18. The topological polar surface area (TPSA) is 43.1 Å². The number of amides is 1. The van der Waals surface area contributed by atoms with E-state index in [1.54, 1.807) is 0 Å². The number of primary amides is 1. The molecule has 2 N–H and O–H groups in total. The van der Waals surface area contributed by atoms with Crippen LogP contribution in [-0.2, 0) is 22.8 Å². The van der Waals surface area contributed by atoms with Crippen LogP contribution in [0.25, 0.3) is 0 Å². The van der Waals surface area contributed by atoms with Gasteiger partial charge in [0.15, 0.2) is 0 Å². The van der Waals surface area contributed by atoms with E-state index < -0.39 is 29.4 Å². The summed E-state index contributed by atoms with van der Waals surface area (Å²) in [6.07, 6.45) is -4.70. The molecule has 0 fully saturated rings. The summed E-state index contributed by atoms with van der Waals surface area (Å²) < 4.78 is 52.2. The zero-order chi connectivity index (χ0) is 19.7. The molecule has 6 heteroatoms. The molecule has 0 spiro atoms. The van der Waals surface area contributed by atoms with Crippen molar-refractivity contribution in [2.24, 2.45) is 5.73 Å². The van der Waals surface area contributed by atoms with Crippen LogP contribution in [0.15, 0.2) is 42.5 Å². The van der Waals surface area contributed by atoms with E-state index in [0.717, 1.165) is 17.2 Å². The van der Waals surface area contributed by atoms with Gasteiger partial charge in [-0.25, -0.2) is 4.39 Å². The second-order valence-electron chi connectivity index (χ2n) is 7.34. The molecule has 0 aliphatic heterocycles. The monoisotopic (exact) mass is 367 g/mol. The fourth-order valence-corrected chi connectivity index (χ4v) is 2.74. The van der Waals surface area contributed by atoms with Crippen LogP contribution in [0.1, 0.15) is 48.9 Å². The quantitative estimate of drug-likeness (QED) is 0.763. The van der Waals surface area contributed by atoms with Crippen molar-refractivity contribution < 1.29 is 22.4 Å². The molecule has 140 valence electrons. The number of halogens is 4. The molecule has 1 unspecified atom stereocenters. The first-order valence-corrected chi connectivity index (χ1v) is 8.15. The highest BCUT2D eigenvalue weighted by Gasteiger charge is 2.35. The third-order valence-corrected chi connectivity index (χ3v) is 4.30. The number of alkyl halides is 3. The molecular weight excluding hydrogens is 346 g/mol. The Kier molecular flexibility index (Phi) is 5.44. The van der Waals surface area contributed by atoms with Crippen molar-refractivity contribution in [2.75, 3.05) is 0 Å². The highest BCUT2D eigenvalue weighted by molar-refractivity contribution is 5.82. The van der Waals surface area contributed by atoms with Gasteiger partial charge in [0.05, 0.1) is 11.5 Å². The molecule has 0 aromatic heterocycles. The summed E-state index contributed by atoms with van der Waals surface area (Å²) in [5.41, 5.74) is 5.87. The lowest BCUT2D eigenvalue weighted by atomic mass is 9.85. The van der Waals surface area contributed by atoms with Gasteiger partial charge in [-0.2, -0.15) is 13.2 Å². The van der Waals surface area contributed by atoms with E-state index in [9.17, 15) is 22.4 Å². The number of hydrogen-bond acceptors (Lipinski definition) is 1. The molecule has 0 saturated carbocycles. The maximum absolute atomic E-state index is 13.5. The van der Waals surface area contributed by atoms with Gasteiger partial charge in [-0.05, 0) is 40.7 Å². The van der Waals surface area contributed by atoms with E-state index >= 15 is 0 Å². The summed E-state index contributed by atoms with van der Waals surface area (Å²) in [7, 11) is 0. The third kappa shape index (κ3) is 4.62. The van der Waals surface area contributed by atoms with Crippen molar-refractivity contribution in [3.63, 3.8) is 0 Å². The van der Waals surface area contributed by atoms with Crippen molar-refractivity contribution in [3.8, 4) is 0 Å². The fourth-order valence-electron chi connectivity index (χ4n) is 2.74. The molecule has 0 aliphatic carbocycles. The first-order valence-electron chi connectivity index (χ1n) is 8.15. The van der Waals surface area contributed by atoms with E-state index in [0.29, 0.717) is 6.07 Å². The van der Waals surface area contributed by atoms with Gasteiger partial charge in [-0.1, -0.05) is 51.1 Å². The molecule has 2 rings (SSSR count). The van der Waals surface area contributed by atoms with Gasteiger partial charge in [0, 0.05) is 0 Å². The van der Waals surface area contributed by atoms with Gasteiger partial charge in [-0.3, -0.25) is 4.79 Å². The molecule has 1 amide bonds. The maximum atomic E-state index is 13.5. The molecule has 2 aromatic carbocycles. The normalized spacial score (nSPS) is 13.5. The Bertz CT molecular complexity index is 789. The lowest BCUT2D eigenvalue weighted by Crippen LogP contribution is -2.24. The zero-order valence-electron chi connectivity index (χ0n) is 14.8. The molecule has 2 aromatic rings. The third-order valence-electron chi connectivity index (χ3n) is 4.30. The molecule has 0 aliphatic rings. The Morgan fingerprint density at radius 3 is 2.08 bits per heavy atom. The highest BCUT2D eigenvalue weighted by Crippen LogP contribution is 2.34. The van der Waals surface area contributed by atoms with Gasteiger partial charge in [-0.15, -0.1) is 0 Å². The number of benzene rings is 2. The average Bonchev–Trinajstić information content (AvgIpc) is 2.51. The molecule has 2 nitrogen and oxygen atoms in total. The zero-order valence-corrected chi connectivity index (χ0v) is 14.8. The Labute approximate surface area is 150 Å². The average molecular weight is 367 g/mol. The standard InChI is InChI=1S/C20H21F4NO/c1-19(2,3)14-7-4-12(5-8-14)10-15(18(25)26)13-6-9-17(21)16(11-13)20(22,23)24/h4-9,11,15H,10H2,1-3H3,(H2,25,26). The van der Waals surface area contributed by atoms with E-state index in [-0.39, 0.29) is 17.4 Å². The fraction of sp³-hybridized carbons (Fsp3) is 0.350. The lowest BCUT2D eigenvalue weighted by Gasteiger charge is -2.20. The molecule has 0 bridgehead atoms. The van der Waals surface area contributed by atoms with Crippen molar-refractivity contribution in [3.05, 3.63) is 70.5 Å². The highest BCUT2D eigenvalue weighted by atomic mass is 19.4. The van der Waals surface area contributed by atoms with E-state index in [4.69, 9.17) is 5.73 Å². The Morgan fingerprint density at radius 2 is 1.62 bits per heavy atom. The summed E-state index contributed by atoms with van der Waals surface area (Å²) >= 11 is 0. The van der Waals surface area contributed by atoms with Crippen LogP contribution in [0.3, 0.4) is 0 Å². The molecule has 1 atom stereocenters. The number of carbonyl (C=O) groups is 1. The number of hydrogen-bond donors (Lipinski definition) is 1. The van der Waals surface area contributed by atoms with Gasteiger partial charge < -0.3 is 5.73 Å². The van der Waals surface area contributed by atoms with Crippen LogP contribution < -0.4 is 5.73 Å². The Balaban J connectivity index is 2.34. The molecule has 0 radical (unpaired) electrons. The van der Waals surface area contributed by atoms with Crippen molar-refractivity contribution in [2.45, 2.75) is 44.7 Å². The smallest absolute Gasteiger partial charge is 0.369 e. The predicted octanol–water partition coefficient (Wildman–Crippen LogP) is 4.95. The van der Waals surface area contributed by atoms with Crippen LogP contribution in [0.4, 0.5) is 17.6 Å².